The first-order valence-corrected chi connectivity index (χ1v) is 5.28. The predicted octanol–water partition coefficient (Wildman–Crippen LogP) is 2.67. The van der Waals surface area contributed by atoms with E-state index >= 15 is 0 Å². The molecule has 0 fully saturated rings. The van der Waals surface area contributed by atoms with Crippen LogP contribution in [0.25, 0.3) is 0 Å². The van der Waals surface area contributed by atoms with Crippen LogP contribution in [0.3, 0.4) is 0 Å². The van der Waals surface area contributed by atoms with Gasteiger partial charge in [0.25, 0.3) is 0 Å². The van der Waals surface area contributed by atoms with Gasteiger partial charge in [-0.3, -0.25) is 0 Å². The maximum Gasteiger partial charge on any atom is 0.416 e. The first kappa shape index (κ1) is 14.5. The van der Waals surface area contributed by atoms with Crippen molar-refractivity contribution in [1.82, 2.24) is 0 Å². The largest absolute Gasteiger partial charge is 0.416 e. The fourth-order valence-corrected chi connectivity index (χ4v) is 1.35. The van der Waals surface area contributed by atoms with Gasteiger partial charge in [0.15, 0.2) is 6.10 Å². The van der Waals surface area contributed by atoms with Crippen LogP contribution in [0.4, 0.5) is 13.2 Å². The lowest BCUT2D eigenvalue weighted by molar-refractivity contribution is -0.137. The van der Waals surface area contributed by atoms with Crippen LogP contribution >= 0.6 is 0 Å². The van der Waals surface area contributed by atoms with E-state index in [1.807, 2.05) is 0 Å². The summed E-state index contributed by atoms with van der Waals surface area (Å²) in [5, 5.41) is 17.4. The number of benzene rings is 1. The molecule has 98 valence electrons. The molecule has 18 heavy (non-hydrogen) atoms. The van der Waals surface area contributed by atoms with Gasteiger partial charge in [-0.25, -0.2) is 0 Å². The van der Waals surface area contributed by atoms with Crippen LogP contribution in [0.15, 0.2) is 24.3 Å². The van der Waals surface area contributed by atoms with Gasteiger partial charge in [-0.15, -0.1) is 0 Å². The van der Waals surface area contributed by atoms with E-state index in [0.29, 0.717) is 6.42 Å². The van der Waals surface area contributed by atoms with Crippen molar-refractivity contribution in [3.63, 3.8) is 0 Å². The number of aliphatic hydroxyl groups excluding tert-OH is 1. The van der Waals surface area contributed by atoms with Crippen molar-refractivity contribution in [1.29, 1.82) is 5.26 Å². The highest BCUT2D eigenvalue weighted by Gasteiger charge is 2.31. The SMILES string of the molecule is N#CC(OCCCO)c1cccc(C(F)(F)F)c1. The van der Waals surface area contributed by atoms with Gasteiger partial charge < -0.3 is 9.84 Å². The van der Waals surface area contributed by atoms with Crippen molar-refractivity contribution in [3.05, 3.63) is 35.4 Å². The lowest BCUT2D eigenvalue weighted by atomic mass is 10.1. The number of alkyl halides is 3. The van der Waals surface area contributed by atoms with E-state index in [2.05, 4.69) is 0 Å². The molecule has 0 saturated heterocycles. The second kappa shape index (κ2) is 6.38. The molecule has 0 amide bonds. The van der Waals surface area contributed by atoms with Crippen molar-refractivity contribution < 1.29 is 23.0 Å². The average Bonchev–Trinajstić information content (AvgIpc) is 2.34. The van der Waals surface area contributed by atoms with Crippen molar-refractivity contribution in [2.24, 2.45) is 0 Å². The fourth-order valence-electron chi connectivity index (χ4n) is 1.35. The van der Waals surface area contributed by atoms with Gasteiger partial charge in [-0.2, -0.15) is 18.4 Å². The van der Waals surface area contributed by atoms with Crippen LogP contribution in [-0.2, 0) is 10.9 Å². The first-order chi connectivity index (χ1) is 8.49. The third-order valence-electron chi connectivity index (χ3n) is 2.22. The molecule has 0 aliphatic heterocycles. The molecule has 1 atom stereocenters. The van der Waals surface area contributed by atoms with Crippen molar-refractivity contribution in [2.45, 2.75) is 18.7 Å². The summed E-state index contributed by atoms with van der Waals surface area (Å²) in [5.41, 5.74) is -0.656. The zero-order valence-electron chi connectivity index (χ0n) is 9.44. The molecular formula is C12H12F3NO2. The van der Waals surface area contributed by atoms with Gasteiger partial charge in [0.1, 0.15) is 0 Å². The number of aliphatic hydroxyl groups is 1. The summed E-state index contributed by atoms with van der Waals surface area (Å²) < 4.78 is 42.6. The lowest BCUT2D eigenvalue weighted by Gasteiger charge is -2.13. The van der Waals surface area contributed by atoms with Crippen LogP contribution in [0.2, 0.25) is 0 Å². The highest BCUT2D eigenvalue weighted by molar-refractivity contribution is 5.29. The standard InChI is InChI=1S/C12H12F3NO2/c13-12(14,15)10-4-1-3-9(7-10)11(8-16)18-6-2-5-17/h1,3-4,7,11,17H,2,5-6H2. The smallest absolute Gasteiger partial charge is 0.396 e. The molecule has 0 aliphatic carbocycles. The van der Waals surface area contributed by atoms with Crippen molar-refractivity contribution in [3.8, 4) is 6.07 Å². The minimum Gasteiger partial charge on any atom is -0.396 e. The molecule has 1 rings (SSSR count). The van der Waals surface area contributed by atoms with Gasteiger partial charge >= 0.3 is 6.18 Å². The van der Waals surface area contributed by atoms with Crippen LogP contribution < -0.4 is 0 Å². The highest BCUT2D eigenvalue weighted by atomic mass is 19.4. The lowest BCUT2D eigenvalue weighted by Crippen LogP contribution is -2.08. The second-order valence-electron chi connectivity index (χ2n) is 3.58. The zero-order valence-corrected chi connectivity index (χ0v) is 9.44. The Hall–Kier alpha value is -1.58. The molecule has 6 heteroatoms. The number of nitriles is 1. The van der Waals surface area contributed by atoms with E-state index in [4.69, 9.17) is 15.1 Å². The van der Waals surface area contributed by atoms with Gasteiger partial charge in [0.2, 0.25) is 0 Å². The minimum absolute atomic E-state index is 0.0965. The summed E-state index contributed by atoms with van der Waals surface area (Å²) in [4.78, 5) is 0. The molecule has 1 unspecified atom stereocenters. The molecule has 0 radical (unpaired) electrons. The van der Waals surface area contributed by atoms with Crippen LogP contribution in [0.5, 0.6) is 0 Å². The number of halogens is 3. The summed E-state index contributed by atoms with van der Waals surface area (Å²) in [5.74, 6) is 0. The molecule has 0 bridgehead atoms. The Morgan fingerprint density at radius 1 is 1.39 bits per heavy atom. The third-order valence-corrected chi connectivity index (χ3v) is 2.22. The van der Waals surface area contributed by atoms with Gasteiger partial charge in [-0.1, -0.05) is 12.1 Å². The van der Waals surface area contributed by atoms with Crippen molar-refractivity contribution in [2.75, 3.05) is 13.2 Å². The number of hydrogen-bond donors (Lipinski definition) is 1. The Morgan fingerprint density at radius 2 is 2.11 bits per heavy atom. The maximum absolute atomic E-state index is 12.5. The van der Waals surface area contributed by atoms with E-state index in [9.17, 15) is 13.2 Å². The molecule has 1 N–H and O–H groups in total. The second-order valence-corrected chi connectivity index (χ2v) is 3.58. The summed E-state index contributed by atoms with van der Waals surface area (Å²) in [6, 6.07) is 6.26. The Kier molecular flexibility index (Phi) is 5.13. The molecule has 0 aliphatic rings. The predicted molar refractivity (Wildman–Crippen MR) is 57.5 cm³/mol. The number of hydrogen-bond acceptors (Lipinski definition) is 3. The van der Waals surface area contributed by atoms with Gasteiger partial charge in [0, 0.05) is 6.61 Å². The summed E-state index contributed by atoms with van der Waals surface area (Å²) >= 11 is 0. The van der Waals surface area contributed by atoms with Gasteiger partial charge in [-0.05, 0) is 24.1 Å². The quantitative estimate of drug-likeness (QED) is 0.827. The normalized spacial score (nSPS) is 13.1. The third kappa shape index (κ3) is 4.02. The monoisotopic (exact) mass is 259 g/mol. The minimum atomic E-state index is -4.44. The summed E-state index contributed by atoms with van der Waals surface area (Å²) in [7, 11) is 0. The number of nitrogens with zero attached hydrogens (tertiary/aromatic N) is 1. The Bertz CT molecular complexity index is 426. The summed E-state index contributed by atoms with van der Waals surface area (Å²) in [6.07, 6.45) is -5.17. The van der Waals surface area contributed by atoms with E-state index < -0.39 is 17.8 Å². The Balaban J connectivity index is 2.84. The molecule has 3 nitrogen and oxygen atoms in total. The van der Waals surface area contributed by atoms with Crippen LogP contribution in [-0.4, -0.2) is 18.3 Å². The highest BCUT2D eigenvalue weighted by Crippen LogP contribution is 2.31. The topological polar surface area (TPSA) is 53.2 Å². The van der Waals surface area contributed by atoms with Crippen LogP contribution in [0, 0.1) is 11.3 Å². The molecule has 0 spiro atoms. The maximum atomic E-state index is 12.5. The molecule has 0 aromatic heterocycles. The molecule has 0 heterocycles. The van der Waals surface area contributed by atoms with Gasteiger partial charge in [0.05, 0.1) is 18.2 Å². The molecule has 1 aromatic rings. The molecule has 1 aromatic carbocycles. The van der Waals surface area contributed by atoms with E-state index in [0.717, 1.165) is 12.1 Å². The van der Waals surface area contributed by atoms with Crippen molar-refractivity contribution >= 4 is 0 Å². The Labute approximate surface area is 102 Å². The average molecular weight is 259 g/mol. The van der Waals surface area contributed by atoms with E-state index in [1.54, 1.807) is 6.07 Å². The molecular weight excluding hydrogens is 247 g/mol. The van der Waals surface area contributed by atoms with Crippen LogP contribution in [0.1, 0.15) is 23.7 Å². The van der Waals surface area contributed by atoms with E-state index in [-0.39, 0.29) is 18.8 Å². The van der Waals surface area contributed by atoms with E-state index in [1.165, 1.54) is 12.1 Å². The zero-order chi connectivity index (χ0) is 13.6. The summed E-state index contributed by atoms with van der Waals surface area (Å²) in [6.45, 7) is 0.0196. The Morgan fingerprint density at radius 3 is 2.67 bits per heavy atom. The first-order valence-electron chi connectivity index (χ1n) is 5.28. The number of ether oxygens (including phenoxy) is 1. The fraction of sp³-hybridized carbons (Fsp3) is 0.417. The number of rotatable bonds is 5. The molecule has 0 saturated carbocycles.